The quantitative estimate of drug-likeness (QED) is 0.836. The van der Waals surface area contributed by atoms with E-state index in [4.69, 9.17) is 10.5 Å². The first-order valence-electron chi connectivity index (χ1n) is 7.60. The molecule has 18 heavy (non-hydrogen) atoms. The molecule has 2 N–H and O–H groups in total. The van der Waals surface area contributed by atoms with Gasteiger partial charge in [0.15, 0.2) is 0 Å². The van der Waals surface area contributed by atoms with E-state index in [2.05, 4.69) is 25.8 Å². The van der Waals surface area contributed by atoms with Crippen LogP contribution in [0.1, 0.15) is 46.0 Å². The van der Waals surface area contributed by atoms with Gasteiger partial charge in [-0.3, -0.25) is 4.90 Å². The molecule has 3 nitrogen and oxygen atoms in total. The maximum atomic E-state index is 6.19. The lowest BCUT2D eigenvalue weighted by molar-refractivity contribution is 0.0113. The second kappa shape index (κ2) is 5.89. The highest BCUT2D eigenvalue weighted by molar-refractivity contribution is 4.98. The first-order chi connectivity index (χ1) is 8.59. The Balaban J connectivity index is 2.08. The Morgan fingerprint density at radius 2 is 2.17 bits per heavy atom. The zero-order chi connectivity index (χ0) is 13.2. The van der Waals surface area contributed by atoms with Crippen LogP contribution >= 0.6 is 0 Å². The fourth-order valence-corrected chi connectivity index (χ4v) is 3.82. The topological polar surface area (TPSA) is 38.5 Å². The van der Waals surface area contributed by atoms with Crippen LogP contribution in [0.5, 0.6) is 0 Å². The van der Waals surface area contributed by atoms with Gasteiger partial charge in [-0.15, -0.1) is 0 Å². The van der Waals surface area contributed by atoms with Crippen LogP contribution in [0.15, 0.2) is 0 Å². The smallest absolute Gasteiger partial charge is 0.0622 e. The van der Waals surface area contributed by atoms with Crippen LogP contribution in [-0.2, 0) is 4.74 Å². The molecule has 3 heteroatoms. The Labute approximate surface area is 112 Å². The number of hydrogen-bond donors (Lipinski definition) is 1. The van der Waals surface area contributed by atoms with Crippen molar-refractivity contribution < 1.29 is 4.74 Å². The minimum absolute atomic E-state index is 0.228. The van der Waals surface area contributed by atoms with E-state index >= 15 is 0 Å². The van der Waals surface area contributed by atoms with Crippen molar-refractivity contribution in [2.75, 3.05) is 26.8 Å². The standard InChI is InChI=1S/C15H30N2O/c1-12(2)13-5-4-7-15(9-13,11-16)17(3)14-6-8-18-10-14/h12-14H,4-11,16H2,1-3H3. The van der Waals surface area contributed by atoms with Crippen LogP contribution in [-0.4, -0.2) is 43.3 Å². The SMILES string of the molecule is CC(C)C1CCCC(CN)(N(C)C2CCOC2)C1. The molecule has 0 aromatic carbocycles. The van der Waals surface area contributed by atoms with Gasteiger partial charge in [0.25, 0.3) is 0 Å². The van der Waals surface area contributed by atoms with E-state index in [0.717, 1.165) is 31.6 Å². The fraction of sp³-hybridized carbons (Fsp3) is 1.00. The van der Waals surface area contributed by atoms with Gasteiger partial charge < -0.3 is 10.5 Å². The molecule has 2 fully saturated rings. The minimum atomic E-state index is 0.228. The van der Waals surface area contributed by atoms with E-state index in [0.29, 0.717) is 6.04 Å². The molecular weight excluding hydrogens is 224 g/mol. The summed E-state index contributed by atoms with van der Waals surface area (Å²) in [4.78, 5) is 2.56. The predicted octanol–water partition coefficient (Wildman–Crippen LogP) is 2.25. The summed E-state index contributed by atoms with van der Waals surface area (Å²) in [5.74, 6) is 1.62. The second-order valence-electron chi connectivity index (χ2n) is 6.66. The Morgan fingerprint density at radius 3 is 2.72 bits per heavy atom. The lowest BCUT2D eigenvalue weighted by Crippen LogP contribution is -2.58. The highest BCUT2D eigenvalue weighted by Gasteiger charge is 2.42. The van der Waals surface area contributed by atoms with E-state index < -0.39 is 0 Å². The molecule has 0 spiro atoms. The van der Waals surface area contributed by atoms with E-state index in [1.165, 1.54) is 32.1 Å². The van der Waals surface area contributed by atoms with Crippen molar-refractivity contribution in [3.8, 4) is 0 Å². The summed E-state index contributed by atoms with van der Waals surface area (Å²) in [5, 5.41) is 0. The summed E-state index contributed by atoms with van der Waals surface area (Å²) in [7, 11) is 2.27. The lowest BCUT2D eigenvalue weighted by Gasteiger charge is -2.49. The van der Waals surface area contributed by atoms with Gasteiger partial charge >= 0.3 is 0 Å². The fourth-order valence-electron chi connectivity index (χ4n) is 3.82. The first-order valence-corrected chi connectivity index (χ1v) is 7.60. The van der Waals surface area contributed by atoms with Crippen LogP contribution in [0.3, 0.4) is 0 Å². The number of likely N-dealkylation sites (N-methyl/N-ethyl adjacent to an activating group) is 1. The molecule has 0 aromatic rings. The van der Waals surface area contributed by atoms with Gasteiger partial charge in [-0.25, -0.2) is 0 Å². The Hall–Kier alpha value is -0.120. The van der Waals surface area contributed by atoms with E-state index in [9.17, 15) is 0 Å². The molecule has 106 valence electrons. The summed E-state index contributed by atoms with van der Waals surface area (Å²) >= 11 is 0. The van der Waals surface area contributed by atoms with Gasteiger partial charge in [0, 0.05) is 24.7 Å². The highest BCUT2D eigenvalue weighted by Crippen LogP contribution is 2.40. The molecule has 1 aliphatic heterocycles. The van der Waals surface area contributed by atoms with E-state index in [-0.39, 0.29) is 5.54 Å². The number of rotatable bonds is 4. The van der Waals surface area contributed by atoms with Crippen molar-refractivity contribution in [2.24, 2.45) is 17.6 Å². The molecule has 1 saturated carbocycles. The predicted molar refractivity (Wildman–Crippen MR) is 75.6 cm³/mol. The lowest BCUT2D eigenvalue weighted by atomic mass is 9.70. The van der Waals surface area contributed by atoms with Crippen molar-refractivity contribution in [2.45, 2.75) is 57.5 Å². The van der Waals surface area contributed by atoms with Crippen molar-refractivity contribution in [1.82, 2.24) is 4.90 Å². The van der Waals surface area contributed by atoms with Crippen molar-refractivity contribution in [1.29, 1.82) is 0 Å². The van der Waals surface area contributed by atoms with Gasteiger partial charge in [0.2, 0.25) is 0 Å². The molecule has 3 atom stereocenters. The van der Waals surface area contributed by atoms with Crippen LogP contribution in [0.4, 0.5) is 0 Å². The van der Waals surface area contributed by atoms with Gasteiger partial charge in [0.05, 0.1) is 6.61 Å². The Bertz CT molecular complexity index is 263. The summed E-state index contributed by atoms with van der Waals surface area (Å²) in [5.41, 5.74) is 6.41. The van der Waals surface area contributed by atoms with Crippen LogP contribution < -0.4 is 5.73 Å². The molecule has 0 amide bonds. The Kier molecular flexibility index (Phi) is 4.68. The highest BCUT2D eigenvalue weighted by atomic mass is 16.5. The second-order valence-corrected chi connectivity index (χ2v) is 6.66. The van der Waals surface area contributed by atoms with Crippen molar-refractivity contribution >= 4 is 0 Å². The zero-order valence-electron chi connectivity index (χ0n) is 12.3. The molecule has 2 aliphatic rings. The van der Waals surface area contributed by atoms with Crippen LogP contribution in [0.2, 0.25) is 0 Å². The molecule has 0 bridgehead atoms. The first kappa shape index (κ1) is 14.3. The number of nitrogens with two attached hydrogens (primary N) is 1. The van der Waals surface area contributed by atoms with Crippen molar-refractivity contribution in [3.63, 3.8) is 0 Å². The monoisotopic (exact) mass is 254 g/mol. The Morgan fingerprint density at radius 1 is 1.39 bits per heavy atom. The molecule has 3 unspecified atom stereocenters. The summed E-state index contributed by atoms with van der Waals surface area (Å²) in [6.45, 7) is 7.32. The summed E-state index contributed by atoms with van der Waals surface area (Å²) in [6, 6.07) is 0.583. The van der Waals surface area contributed by atoms with Crippen LogP contribution in [0, 0.1) is 11.8 Å². The summed E-state index contributed by atoms with van der Waals surface area (Å²) in [6.07, 6.45) is 6.42. The normalized spacial score (nSPS) is 37.7. The molecule has 1 saturated heterocycles. The molecular formula is C15H30N2O. The third kappa shape index (κ3) is 2.73. The van der Waals surface area contributed by atoms with Gasteiger partial charge in [0.1, 0.15) is 0 Å². The van der Waals surface area contributed by atoms with Gasteiger partial charge in [-0.1, -0.05) is 26.7 Å². The van der Waals surface area contributed by atoms with Crippen molar-refractivity contribution in [3.05, 3.63) is 0 Å². The average molecular weight is 254 g/mol. The maximum Gasteiger partial charge on any atom is 0.0622 e. The summed E-state index contributed by atoms with van der Waals surface area (Å²) < 4.78 is 5.55. The molecule has 2 rings (SSSR count). The largest absolute Gasteiger partial charge is 0.380 e. The maximum absolute atomic E-state index is 6.19. The van der Waals surface area contributed by atoms with Gasteiger partial charge in [-0.05, 0) is 38.1 Å². The molecule has 1 heterocycles. The number of nitrogens with zero attached hydrogens (tertiary/aromatic N) is 1. The third-order valence-electron chi connectivity index (χ3n) is 5.38. The van der Waals surface area contributed by atoms with E-state index in [1.54, 1.807) is 0 Å². The van der Waals surface area contributed by atoms with Crippen LogP contribution in [0.25, 0.3) is 0 Å². The minimum Gasteiger partial charge on any atom is -0.380 e. The van der Waals surface area contributed by atoms with E-state index in [1.807, 2.05) is 0 Å². The van der Waals surface area contributed by atoms with Gasteiger partial charge in [-0.2, -0.15) is 0 Å². The average Bonchev–Trinajstić information content (AvgIpc) is 2.91. The molecule has 0 radical (unpaired) electrons. The third-order valence-corrected chi connectivity index (χ3v) is 5.38. The zero-order valence-corrected chi connectivity index (χ0v) is 12.3. The number of hydrogen-bond acceptors (Lipinski definition) is 3. The number of ether oxygens (including phenoxy) is 1. The molecule has 0 aromatic heterocycles. The molecule has 1 aliphatic carbocycles.